The quantitative estimate of drug-likeness (QED) is 0.816. The van der Waals surface area contributed by atoms with E-state index in [1.165, 1.54) is 49.8 Å². The number of sulfonamides is 1. The Morgan fingerprint density at radius 1 is 1.00 bits per heavy atom. The minimum atomic E-state index is -3.72. The summed E-state index contributed by atoms with van der Waals surface area (Å²) in [4.78, 5) is 14.6. The van der Waals surface area contributed by atoms with Crippen molar-refractivity contribution in [1.29, 1.82) is 0 Å². The van der Waals surface area contributed by atoms with Crippen LogP contribution < -0.4 is 5.14 Å². The van der Waals surface area contributed by atoms with Crippen LogP contribution in [-0.2, 0) is 10.0 Å². The summed E-state index contributed by atoms with van der Waals surface area (Å²) in [5.41, 5.74) is 2.84. The molecule has 1 atom stereocenters. The third kappa shape index (κ3) is 4.62. The molecule has 1 fully saturated rings. The van der Waals surface area contributed by atoms with Crippen LogP contribution in [-0.4, -0.2) is 26.3 Å². The molecule has 0 radical (unpaired) electrons. The molecule has 1 aliphatic rings. The molecule has 1 aliphatic carbocycles. The lowest BCUT2D eigenvalue weighted by Gasteiger charge is -2.26. The lowest BCUT2D eigenvalue weighted by molar-refractivity contribution is 0.0742. The van der Waals surface area contributed by atoms with Crippen molar-refractivity contribution in [2.24, 2.45) is 5.14 Å². The molecule has 150 valence electrons. The first-order valence-electron chi connectivity index (χ1n) is 9.77. The number of carbonyl (C=O) groups excluding carboxylic acids is 1. The van der Waals surface area contributed by atoms with Gasteiger partial charge in [-0.2, -0.15) is 0 Å². The molecular weight excluding hydrogens is 372 g/mol. The van der Waals surface area contributed by atoms with E-state index in [0.717, 1.165) is 5.56 Å². The van der Waals surface area contributed by atoms with Gasteiger partial charge < -0.3 is 4.90 Å². The van der Waals surface area contributed by atoms with Crippen molar-refractivity contribution in [2.45, 2.75) is 55.9 Å². The average molecular weight is 401 g/mol. The second-order valence-corrected chi connectivity index (χ2v) is 9.22. The highest BCUT2D eigenvalue weighted by Gasteiger charge is 2.21. The van der Waals surface area contributed by atoms with E-state index < -0.39 is 10.0 Å². The molecule has 1 unspecified atom stereocenters. The monoisotopic (exact) mass is 400 g/mol. The fourth-order valence-electron chi connectivity index (χ4n) is 3.87. The highest BCUT2D eigenvalue weighted by molar-refractivity contribution is 7.89. The summed E-state index contributed by atoms with van der Waals surface area (Å²) in [6.07, 6.45) is 6.37. The summed E-state index contributed by atoms with van der Waals surface area (Å²) >= 11 is 0. The summed E-state index contributed by atoms with van der Waals surface area (Å²) < 4.78 is 22.8. The standard InChI is InChI=1S/C22H28N2O3S/c1-16(17-12-14-21(15-13-17)28(23,26)27)24(2)22(25)20-10-8-19(9-11-20)18-6-4-3-5-7-18/h8-16,18H,3-7H2,1-2H3,(H2,23,26,27). The number of rotatable bonds is 5. The zero-order valence-corrected chi connectivity index (χ0v) is 17.3. The minimum absolute atomic E-state index is 0.0572. The highest BCUT2D eigenvalue weighted by atomic mass is 32.2. The predicted molar refractivity (Wildman–Crippen MR) is 111 cm³/mol. The van der Waals surface area contributed by atoms with Gasteiger partial charge in [-0.25, -0.2) is 13.6 Å². The van der Waals surface area contributed by atoms with Crippen LogP contribution in [0.3, 0.4) is 0 Å². The van der Waals surface area contributed by atoms with Crippen molar-refractivity contribution in [3.05, 3.63) is 65.2 Å². The number of hydrogen-bond acceptors (Lipinski definition) is 3. The number of primary sulfonamides is 1. The Kier molecular flexibility index (Phi) is 6.20. The maximum atomic E-state index is 12.9. The van der Waals surface area contributed by atoms with Crippen LogP contribution in [0.1, 0.15) is 72.5 Å². The van der Waals surface area contributed by atoms with E-state index in [4.69, 9.17) is 5.14 Å². The summed E-state index contributed by atoms with van der Waals surface area (Å²) in [5, 5.41) is 5.14. The van der Waals surface area contributed by atoms with Gasteiger partial charge in [-0.3, -0.25) is 4.79 Å². The molecule has 28 heavy (non-hydrogen) atoms. The largest absolute Gasteiger partial charge is 0.335 e. The van der Waals surface area contributed by atoms with E-state index in [9.17, 15) is 13.2 Å². The van der Waals surface area contributed by atoms with Gasteiger partial charge in [0.1, 0.15) is 0 Å². The maximum absolute atomic E-state index is 12.9. The smallest absolute Gasteiger partial charge is 0.254 e. The third-order valence-corrected chi connectivity index (χ3v) is 6.76. The zero-order valence-electron chi connectivity index (χ0n) is 16.5. The first kappa shape index (κ1) is 20.6. The number of carbonyl (C=O) groups is 1. The van der Waals surface area contributed by atoms with Gasteiger partial charge in [0.05, 0.1) is 10.9 Å². The lowest BCUT2D eigenvalue weighted by Crippen LogP contribution is -2.29. The topological polar surface area (TPSA) is 80.5 Å². The Labute approximate surface area is 167 Å². The van der Waals surface area contributed by atoms with Gasteiger partial charge in [-0.1, -0.05) is 43.5 Å². The molecule has 2 aromatic rings. The Bertz CT molecular complexity index is 915. The Balaban J connectivity index is 1.70. The molecule has 3 rings (SSSR count). The SMILES string of the molecule is CC(c1ccc(S(N)(=O)=O)cc1)N(C)C(=O)c1ccc(C2CCCCC2)cc1. The molecule has 0 heterocycles. The van der Waals surface area contributed by atoms with Gasteiger partial charge in [0.15, 0.2) is 0 Å². The molecule has 1 saturated carbocycles. The van der Waals surface area contributed by atoms with Crippen LogP contribution in [0.5, 0.6) is 0 Å². The lowest BCUT2D eigenvalue weighted by atomic mass is 9.84. The van der Waals surface area contributed by atoms with Crippen molar-refractivity contribution in [3.8, 4) is 0 Å². The van der Waals surface area contributed by atoms with Crippen LogP contribution in [0.25, 0.3) is 0 Å². The molecule has 0 saturated heterocycles. The van der Waals surface area contributed by atoms with Crippen molar-refractivity contribution in [1.82, 2.24) is 4.90 Å². The highest BCUT2D eigenvalue weighted by Crippen LogP contribution is 2.32. The van der Waals surface area contributed by atoms with Crippen molar-refractivity contribution < 1.29 is 13.2 Å². The second kappa shape index (κ2) is 8.45. The van der Waals surface area contributed by atoms with E-state index in [2.05, 4.69) is 12.1 Å². The van der Waals surface area contributed by atoms with Crippen molar-refractivity contribution in [2.75, 3.05) is 7.05 Å². The Morgan fingerprint density at radius 3 is 2.11 bits per heavy atom. The van der Waals surface area contributed by atoms with Crippen molar-refractivity contribution >= 4 is 15.9 Å². The molecule has 6 heteroatoms. The molecule has 1 amide bonds. The summed E-state index contributed by atoms with van der Waals surface area (Å²) in [6.45, 7) is 1.92. The third-order valence-electron chi connectivity index (χ3n) is 5.83. The van der Waals surface area contributed by atoms with E-state index in [1.807, 2.05) is 19.1 Å². The summed E-state index contributed by atoms with van der Waals surface area (Å²) in [5.74, 6) is 0.560. The van der Waals surface area contributed by atoms with Gasteiger partial charge in [0, 0.05) is 12.6 Å². The summed E-state index contributed by atoms with van der Waals surface area (Å²) in [6, 6.07) is 14.1. The van der Waals surface area contributed by atoms with E-state index in [0.29, 0.717) is 11.5 Å². The first-order valence-corrected chi connectivity index (χ1v) is 11.3. The van der Waals surface area contributed by atoms with Gasteiger partial charge in [-0.15, -0.1) is 0 Å². The fraction of sp³-hybridized carbons (Fsp3) is 0.409. The van der Waals surface area contributed by atoms with Crippen LogP contribution in [0.15, 0.2) is 53.4 Å². The number of amides is 1. The summed E-state index contributed by atoms with van der Waals surface area (Å²) in [7, 11) is -1.96. The number of hydrogen-bond donors (Lipinski definition) is 1. The van der Waals surface area contributed by atoms with Crippen LogP contribution in [0, 0.1) is 0 Å². The maximum Gasteiger partial charge on any atom is 0.254 e. The molecule has 2 N–H and O–H groups in total. The zero-order chi connectivity index (χ0) is 20.3. The molecule has 0 bridgehead atoms. The second-order valence-electron chi connectivity index (χ2n) is 7.66. The molecular formula is C22H28N2O3S. The predicted octanol–water partition coefficient (Wildman–Crippen LogP) is 4.21. The normalized spacial score (nSPS) is 16.5. The molecule has 0 aromatic heterocycles. The van der Waals surface area contributed by atoms with Gasteiger partial charge in [0.25, 0.3) is 5.91 Å². The fourth-order valence-corrected chi connectivity index (χ4v) is 4.39. The molecule has 5 nitrogen and oxygen atoms in total. The van der Waals surface area contributed by atoms with Gasteiger partial charge in [-0.05, 0) is 61.1 Å². The number of nitrogens with zero attached hydrogens (tertiary/aromatic N) is 1. The number of benzene rings is 2. The Morgan fingerprint density at radius 2 is 1.57 bits per heavy atom. The molecule has 0 aliphatic heterocycles. The first-order chi connectivity index (χ1) is 13.3. The van der Waals surface area contributed by atoms with Gasteiger partial charge in [0.2, 0.25) is 10.0 Å². The van der Waals surface area contributed by atoms with E-state index in [-0.39, 0.29) is 16.8 Å². The van der Waals surface area contributed by atoms with E-state index in [1.54, 1.807) is 24.1 Å². The molecule has 0 spiro atoms. The molecule has 2 aromatic carbocycles. The average Bonchev–Trinajstić information content (AvgIpc) is 2.72. The van der Waals surface area contributed by atoms with Crippen LogP contribution in [0.2, 0.25) is 0 Å². The Hall–Kier alpha value is -2.18. The van der Waals surface area contributed by atoms with Crippen LogP contribution in [0.4, 0.5) is 0 Å². The van der Waals surface area contributed by atoms with E-state index >= 15 is 0 Å². The number of nitrogens with two attached hydrogens (primary N) is 1. The van der Waals surface area contributed by atoms with Crippen molar-refractivity contribution in [3.63, 3.8) is 0 Å². The van der Waals surface area contributed by atoms with Gasteiger partial charge >= 0.3 is 0 Å². The van der Waals surface area contributed by atoms with Crippen LogP contribution >= 0.6 is 0 Å². The minimum Gasteiger partial charge on any atom is -0.335 e.